The van der Waals surface area contributed by atoms with Crippen LogP contribution >= 0.6 is 0 Å². The quantitative estimate of drug-likeness (QED) is 0.794. The molecule has 2 fully saturated rings. The highest BCUT2D eigenvalue weighted by Crippen LogP contribution is 2.29. The minimum absolute atomic E-state index is 0.113. The molecule has 2 unspecified atom stereocenters. The first kappa shape index (κ1) is 18.7. The molecule has 5 nitrogen and oxygen atoms in total. The van der Waals surface area contributed by atoms with Gasteiger partial charge in [0, 0.05) is 31.2 Å². The number of rotatable bonds is 4. The highest BCUT2D eigenvalue weighted by atomic mass is 16.2. The molecule has 0 spiro atoms. The van der Waals surface area contributed by atoms with Crippen LogP contribution < -0.4 is 5.32 Å². The maximum absolute atomic E-state index is 12.7. The van der Waals surface area contributed by atoms with Gasteiger partial charge in [-0.3, -0.25) is 4.90 Å². The van der Waals surface area contributed by atoms with Gasteiger partial charge in [0.05, 0.1) is 0 Å². The number of likely N-dealkylation sites (N-methyl/N-ethyl adjacent to an activating group) is 2. The van der Waals surface area contributed by atoms with Gasteiger partial charge in [0.1, 0.15) is 0 Å². The van der Waals surface area contributed by atoms with Crippen molar-refractivity contribution in [2.45, 2.75) is 75.5 Å². The summed E-state index contributed by atoms with van der Waals surface area (Å²) in [7, 11) is 6.52. The van der Waals surface area contributed by atoms with E-state index < -0.39 is 0 Å². The largest absolute Gasteiger partial charge is 0.335 e. The normalized spacial score (nSPS) is 29.3. The van der Waals surface area contributed by atoms with Gasteiger partial charge >= 0.3 is 6.03 Å². The monoisotopic (exact) mass is 348 g/mol. The lowest BCUT2D eigenvalue weighted by atomic mass is 9.86. The van der Waals surface area contributed by atoms with Crippen LogP contribution in [0.25, 0.3) is 0 Å². The van der Waals surface area contributed by atoms with Gasteiger partial charge in [-0.05, 0) is 65.7 Å². The average Bonchev–Trinajstić information content (AvgIpc) is 3.14. The highest BCUT2D eigenvalue weighted by molar-refractivity contribution is 5.74. The molecule has 1 heterocycles. The van der Waals surface area contributed by atoms with E-state index in [1.54, 1.807) is 0 Å². The number of carbonyl (C=O) groups is 1. The number of likely N-dealkylation sites (tertiary alicyclic amines) is 1. The Kier molecular flexibility index (Phi) is 6.39. The lowest BCUT2D eigenvalue weighted by Gasteiger charge is -2.46. The van der Waals surface area contributed by atoms with E-state index in [1.807, 2.05) is 11.9 Å². The molecule has 2 amide bonds. The molecule has 0 aromatic heterocycles. The van der Waals surface area contributed by atoms with Crippen LogP contribution in [-0.4, -0.2) is 79.1 Å². The van der Waals surface area contributed by atoms with Gasteiger partial charge in [-0.15, -0.1) is 0 Å². The minimum atomic E-state index is 0.113. The van der Waals surface area contributed by atoms with E-state index in [0.29, 0.717) is 24.2 Å². The van der Waals surface area contributed by atoms with Gasteiger partial charge in [-0.25, -0.2) is 4.79 Å². The van der Waals surface area contributed by atoms with Gasteiger partial charge in [0.25, 0.3) is 0 Å². The molecule has 2 aliphatic carbocycles. The van der Waals surface area contributed by atoms with Crippen molar-refractivity contribution >= 4 is 6.03 Å². The Bertz CT molecular complexity index is 464. The molecule has 1 N–H and O–H groups in total. The number of nitrogens with zero attached hydrogens (tertiary/aromatic N) is 3. The van der Waals surface area contributed by atoms with Crippen LogP contribution in [0.15, 0.2) is 12.2 Å². The summed E-state index contributed by atoms with van der Waals surface area (Å²) in [5.41, 5.74) is 0. The van der Waals surface area contributed by atoms with E-state index in [2.05, 4.69) is 41.4 Å². The van der Waals surface area contributed by atoms with Crippen molar-refractivity contribution in [2.24, 2.45) is 0 Å². The summed E-state index contributed by atoms with van der Waals surface area (Å²) in [5, 5.41) is 3.22. The van der Waals surface area contributed by atoms with Crippen LogP contribution in [0, 0.1) is 0 Å². The summed E-state index contributed by atoms with van der Waals surface area (Å²) >= 11 is 0. The minimum Gasteiger partial charge on any atom is -0.335 e. The number of nitrogens with one attached hydrogen (secondary N) is 1. The summed E-state index contributed by atoms with van der Waals surface area (Å²) in [6.45, 7) is 2.38. The standard InChI is InChI=1S/C20H36N4O/c1-22-14-12-17(13-15-22)23(2)18-10-6-7-11-19(18)24(3)20(25)21-16-8-4-5-9-16/h4-5,16-19H,6-15H2,1-3H3,(H,21,25). The Morgan fingerprint density at radius 3 is 2.24 bits per heavy atom. The van der Waals surface area contributed by atoms with Crippen LogP contribution in [0.4, 0.5) is 4.79 Å². The predicted molar refractivity (Wildman–Crippen MR) is 103 cm³/mol. The Morgan fingerprint density at radius 1 is 1.00 bits per heavy atom. The smallest absolute Gasteiger partial charge is 0.317 e. The number of carbonyl (C=O) groups excluding carboxylic acids is 1. The number of urea groups is 1. The van der Waals surface area contributed by atoms with Gasteiger partial charge < -0.3 is 15.1 Å². The van der Waals surface area contributed by atoms with Crippen molar-refractivity contribution in [3.63, 3.8) is 0 Å². The van der Waals surface area contributed by atoms with Crippen molar-refractivity contribution < 1.29 is 4.79 Å². The second-order valence-electron chi connectivity index (χ2n) is 8.32. The van der Waals surface area contributed by atoms with Crippen LogP contribution in [0.5, 0.6) is 0 Å². The zero-order valence-corrected chi connectivity index (χ0v) is 16.3. The number of piperidine rings is 1. The fourth-order valence-electron chi connectivity index (χ4n) is 4.85. The SMILES string of the molecule is CN1CCC(N(C)C2CCCCC2N(C)C(=O)NC2CC=CC2)CC1. The summed E-state index contributed by atoms with van der Waals surface area (Å²) in [6, 6.07) is 1.91. The zero-order valence-electron chi connectivity index (χ0n) is 16.3. The van der Waals surface area contributed by atoms with Crippen molar-refractivity contribution in [1.29, 1.82) is 0 Å². The van der Waals surface area contributed by atoms with Gasteiger partial charge in [0.15, 0.2) is 0 Å². The first-order valence-electron chi connectivity index (χ1n) is 10.1. The Balaban J connectivity index is 1.60. The molecule has 0 aromatic carbocycles. The predicted octanol–water partition coefficient (Wildman–Crippen LogP) is 2.68. The summed E-state index contributed by atoms with van der Waals surface area (Å²) in [6.07, 6.45) is 13.7. The first-order chi connectivity index (χ1) is 12.1. The molecule has 2 atom stereocenters. The molecule has 0 radical (unpaired) electrons. The lowest BCUT2D eigenvalue weighted by molar-refractivity contribution is 0.0420. The molecule has 0 bridgehead atoms. The second kappa shape index (κ2) is 8.54. The third-order valence-corrected chi connectivity index (χ3v) is 6.63. The van der Waals surface area contributed by atoms with E-state index in [-0.39, 0.29) is 6.03 Å². The molecule has 25 heavy (non-hydrogen) atoms. The molecule has 1 aliphatic heterocycles. The van der Waals surface area contributed by atoms with E-state index in [1.165, 1.54) is 45.2 Å². The van der Waals surface area contributed by atoms with Crippen LogP contribution in [0.3, 0.4) is 0 Å². The van der Waals surface area contributed by atoms with Crippen molar-refractivity contribution in [3.8, 4) is 0 Å². The fourth-order valence-corrected chi connectivity index (χ4v) is 4.85. The van der Waals surface area contributed by atoms with E-state index >= 15 is 0 Å². The van der Waals surface area contributed by atoms with Crippen LogP contribution in [0.2, 0.25) is 0 Å². The summed E-state index contributed by atoms with van der Waals surface area (Å²) < 4.78 is 0. The zero-order chi connectivity index (χ0) is 17.8. The molecular weight excluding hydrogens is 312 g/mol. The van der Waals surface area contributed by atoms with Crippen molar-refractivity contribution in [1.82, 2.24) is 20.0 Å². The lowest BCUT2D eigenvalue weighted by Crippen LogP contribution is -2.58. The molecule has 3 rings (SSSR count). The van der Waals surface area contributed by atoms with Crippen molar-refractivity contribution in [3.05, 3.63) is 12.2 Å². The number of hydrogen-bond acceptors (Lipinski definition) is 3. The third-order valence-electron chi connectivity index (χ3n) is 6.63. The Hall–Kier alpha value is -1.07. The van der Waals surface area contributed by atoms with Gasteiger partial charge in [-0.1, -0.05) is 25.0 Å². The maximum Gasteiger partial charge on any atom is 0.317 e. The molecule has 1 saturated carbocycles. The highest BCUT2D eigenvalue weighted by Gasteiger charge is 2.36. The van der Waals surface area contributed by atoms with E-state index in [0.717, 1.165) is 19.3 Å². The molecule has 1 saturated heterocycles. The average molecular weight is 349 g/mol. The van der Waals surface area contributed by atoms with E-state index in [9.17, 15) is 4.79 Å². The molecule has 3 aliphatic rings. The fraction of sp³-hybridized carbons (Fsp3) is 0.850. The second-order valence-corrected chi connectivity index (χ2v) is 8.32. The molecule has 5 heteroatoms. The maximum atomic E-state index is 12.7. The first-order valence-corrected chi connectivity index (χ1v) is 10.1. The molecular formula is C20H36N4O. The summed E-state index contributed by atoms with van der Waals surface area (Å²) in [5.74, 6) is 0. The number of amides is 2. The van der Waals surface area contributed by atoms with Gasteiger partial charge in [0.2, 0.25) is 0 Å². The van der Waals surface area contributed by atoms with E-state index in [4.69, 9.17) is 0 Å². The molecule has 0 aromatic rings. The number of hydrogen-bond donors (Lipinski definition) is 1. The van der Waals surface area contributed by atoms with Crippen LogP contribution in [-0.2, 0) is 0 Å². The van der Waals surface area contributed by atoms with Crippen molar-refractivity contribution in [2.75, 3.05) is 34.2 Å². The summed E-state index contributed by atoms with van der Waals surface area (Å²) in [4.78, 5) is 19.8. The topological polar surface area (TPSA) is 38.8 Å². The van der Waals surface area contributed by atoms with Gasteiger partial charge in [-0.2, -0.15) is 0 Å². The molecule has 142 valence electrons. The van der Waals surface area contributed by atoms with Crippen LogP contribution in [0.1, 0.15) is 51.4 Å². The Morgan fingerprint density at radius 2 is 1.60 bits per heavy atom. The third kappa shape index (κ3) is 4.56. The Labute approximate surface area is 153 Å².